The molecule has 0 aliphatic rings. The Kier molecular flexibility index (Phi) is 5.32. The van der Waals surface area contributed by atoms with Crippen molar-refractivity contribution in [2.24, 2.45) is 0 Å². The minimum atomic E-state index is -0.405. The number of halogens is 4. The van der Waals surface area contributed by atoms with Crippen LogP contribution >= 0.6 is 34.8 Å². The van der Waals surface area contributed by atoms with Crippen LogP contribution < -0.4 is 5.32 Å². The zero-order chi connectivity index (χ0) is 12.2. The Labute approximate surface area is 110 Å². The highest BCUT2D eigenvalue weighted by atomic mass is 35.5. The summed E-state index contributed by atoms with van der Waals surface area (Å²) < 4.78 is 13.4. The van der Waals surface area contributed by atoms with E-state index < -0.39 is 5.54 Å². The van der Waals surface area contributed by atoms with Crippen LogP contribution in [0.5, 0.6) is 0 Å². The molecule has 0 amide bonds. The molecule has 0 saturated heterocycles. The second-order valence-corrected chi connectivity index (χ2v) is 4.89. The number of rotatable bonds is 5. The Bertz CT molecular complexity index is 353. The molecule has 0 bridgehead atoms. The Morgan fingerprint density at radius 2 is 1.94 bits per heavy atom. The normalized spacial score (nSPS) is 11.8. The van der Waals surface area contributed by atoms with Gasteiger partial charge in [0.1, 0.15) is 5.82 Å². The van der Waals surface area contributed by atoms with E-state index in [-0.39, 0.29) is 5.82 Å². The zero-order valence-corrected chi connectivity index (χ0v) is 11.1. The standard InChI is InChI=1S/C11H13Cl3FN/c1-11(6-12,7-13)16-5-8-4-9(14)2-3-10(8)15/h2-4,16H,5-7H2,1H3. The maximum absolute atomic E-state index is 13.4. The Morgan fingerprint density at radius 1 is 1.31 bits per heavy atom. The van der Waals surface area contributed by atoms with E-state index in [1.807, 2.05) is 6.92 Å². The molecule has 0 aromatic heterocycles. The highest BCUT2D eigenvalue weighted by Crippen LogP contribution is 2.16. The maximum atomic E-state index is 13.4. The Morgan fingerprint density at radius 3 is 2.50 bits per heavy atom. The van der Waals surface area contributed by atoms with E-state index in [1.54, 1.807) is 6.07 Å². The van der Waals surface area contributed by atoms with Crippen molar-refractivity contribution in [3.05, 3.63) is 34.6 Å². The molecule has 0 heterocycles. The molecule has 1 nitrogen and oxygen atoms in total. The summed E-state index contributed by atoms with van der Waals surface area (Å²) in [5.74, 6) is 0.431. The predicted octanol–water partition coefficient (Wildman–Crippen LogP) is 3.81. The fourth-order valence-corrected chi connectivity index (χ4v) is 1.79. The molecule has 1 aromatic rings. The first-order valence-electron chi connectivity index (χ1n) is 4.81. The van der Waals surface area contributed by atoms with Crippen LogP contribution in [0.4, 0.5) is 4.39 Å². The third-order valence-electron chi connectivity index (χ3n) is 2.30. The van der Waals surface area contributed by atoms with Gasteiger partial charge in [-0.05, 0) is 25.1 Å². The van der Waals surface area contributed by atoms with Gasteiger partial charge in [-0.15, -0.1) is 23.2 Å². The second-order valence-electron chi connectivity index (χ2n) is 3.92. The van der Waals surface area contributed by atoms with Crippen molar-refractivity contribution in [1.82, 2.24) is 5.32 Å². The number of hydrogen-bond acceptors (Lipinski definition) is 1. The van der Waals surface area contributed by atoms with Crippen LogP contribution in [0, 0.1) is 5.82 Å². The molecule has 0 aliphatic heterocycles. The maximum Gasteiger partial charge on any atom is 0.127 e. The largest absolute Gasteiger partial charge is 0.305 e. The van der Waals surface area contributed by atoms with Gasteiger partial charge in [0, 0.05) is 34.4 Å². The fourth-order valence-electron chi connectivity index (χ4n) is 1.12. The molecule has 0 aliphatic carbocycles. The molecular formula is C11H13Cl3FN. The lowest BCUT2D eigenvalue weighted by Gasteiger charge is -2.26. The zero-order valence-electron chi connectivity index (χ0n) is 8.87. The van der Waals surface area contributed by atoms with E-state index in [9.17, 15) is 4.39 Å². The van der Waals surface area contributed by atoms with Gasteiger partial charge in [0.25, 0.3) is 0 Å². The smallest absolute Gasteiger partial charge is 0.127 e. The van der Waals surface area contributed by atoms with Gasteiger partial charge < -0.3 is 5.32 Å². The molecule has 0 saturated carbocycles. The van der Waals surface area contributed by atoms with Crippen molar-refractivity contribution in [2.45, 2.75) is 19.0 Å². The topological polar surface area (TPSA) is 12.0 Å². The molecular weight excluding hydrogens is 271 g/mol. The molecule has 90 valence electrons. The first-order valence-corrected chi connectivity index (χ1v) is 6.26. The van der Waals surface area contributed by atoms with Crippen LogP contribution in [0.15, 0.2) is 18.2 Å². The van der Waals surface area contributed by atoms with E-state index in [1.165, 1.54) is 12.1 Å². The average molecular weight is 285 g/mol. The van der Waals surface area contributed by atoms with Gasteiger partial charge in [0.15, 0.2) is 0 Å². The van der Waals surface area contributed by atoms with Crippen molar-refractivity contribution in [3.63, 3.8) is 0 Å². The number of alkyl halides is 2. The lowest BCUT2D eigenvalue weighted by Crippen LogP contribution is -2.45. The predicted molar refractivity (Wildman–Crippen MR) is 68.1 cm³/mol. The van der Waals surface area contributed by atoms with Crippen molar-refractivity contribution in [3.8, 4) is 0 Å². The number of nitrogens with one attached hydrogen (secondary N) is 1. The molecule has 0 atom stereocenters. The fraction of sp³-hybridized carbons (Fsp3) is 0.455. The lowest BCUT2D eigenvalue weighted by atomic mass is 10.1. The van der Waals surface area contributed by atoms with Crippen molar-refractivity contribution in [1.29, 1.82) is 0 Å². The molecule has 1 N–H and O–H groups in total. The first kappa shape index (κ1) is 14.0. The molecule has 0 radical (unpaired) electrons. The van der Waals surface area contributed by atoms with Gasteiger partial charge in [-0.25, -0.2) is 4.39 Å². The Balaban J connectivity index is 2.70. The van der Waals surface area contributed by atoms with Crippen LogP contribution in [-0.4, -0.2) is 17.3 Å². The van der Waals surface area contributed by atoms with E-state index in [2.05, 4.69) is 5.32 Å². The van der Waals surface area contributed by atoms with Crippen LogP contribution in [-0.2, 0) is 6.54 Å². The van der Waals surface area contributed by atoms with Gasteiger partial charge in [0.05, 0.1) is 0 Å². The summed E-state index contributed by atoms with van der Waals surface area (Å²) in [5, 5.41) is 3.63. The second kappa shape index (κ2) is 6.06. The molecule has 1 aromatic carbocycles. The van der Waals surface area contributed by atoms with Crippen LogP contribution in [0.25, 0.3) is 0 Å². The van der Waals surface area contributed by atoms with E-state index >= 15 is 0 Å². The highest BCUT2D eigenvalue weighted by Gasteiger charge is 2.21. The summed E-state index contributed by atoms with van der Waals surface area (Å²) >= 11 is 17.3. The van der Waals surface area contributed by atoms with Gasteiger partial charge >= 0.3 is 0 Å². The van der Waals surface area contributed by atoms with Crippen molar-refractivity contribution >= 4 is 34.8 Å². The van der Waals surface area contributed by atoms with Crippen LogP contribution in [0.1, 0.15) is 12.5 Å². The van der Waals surface area contributed by atoms with E-state index in [0.717, 1.165) is 0 Å². The molecule has 0 unspecified atom stereocenters. The SMILES string of the molecule is CC(CCl)(CCl)NCc1cc(Cl)ccc1F. The van der Waals surface area contributed by atoms with Gasteiger partial charge in [-0.3, -0.25) is 0 Å². The van der Waals surface area contributed by atoms with Crippen molar-refractivity contribution in [2.75, 3.05) is 11.8 Å². The Hall–Kier alpha value is -0.0200. The summed E-state index contributed by atoms with van der Waals surface area (Å²) in [6.07, 6.45) is 0. The molecule has 0 spiro atoms. The van der Waals surface area contributed by atoms with Gasteiger partial charge in [-0.1, -0.05) is 11.6 Å². The first-order chi connectivity index (χ1) is 7.50. The summed E-state index contributed by atoms with van der Waals surface area (Å²) in [6.45, 7) is 2.23. The number of hydrogen-bond donors (Lipinski definition) is 1. The summed E-state index contributed by atoms with van der Waals surface area (Å²) in [4.78, 5) is 0. The van der Waals surface area contributed by atoms with Crippen LogP contribution in [0.2, 0.25) is 5.02 Å². The minimum absolute atomic E-state index is 0.289. The molecule has 5 heteroatoms. The summed E-state index contributed by atoms with van der Waals surface area (Å²) in [5.41, 5.74) is 0.103. The molecule has 0 fully saturated rings. The molecule has 16 heavy (non-hydrogen) atoms. The van der Waals surface area contributed by atoms with E-state index in [4.69, 9.17) is 34.8 Å². The molecule has 1 rings (SSSR count). The highest BCUT2D eigenvalue weighted by molar-refractivity contribution is 6.30. The number of benzene rings is 1. The quantitative estimate of drug-likeness (QED) is 0.811. The summed E-state index contributed by atoms with van der Waals surface area (Å²) in [7, 11) is 0. The summed E-state index contributed by atoms with van der Waals surface area (Å²) in [6, 6.07) is 4.45. The monoisotopic (exact) mass is 283 g/mol. The van der Waals surface area contributed by atoms with Crippen molar-refractivity contribution < 1.29 is 4.39 Å². The van der Waals surface area contributed by atoms with E-state index in [0.29, 0.717) is 28.9 Å². The minimum Gasteiger partial charge on any atom is -0.305 e. The lowest BCUT2D eigenvalue weighted by molar-refractivity contribution is 0.428. The van der Waals surface area contributed by atoms with Gasteiger partial charge in [0.2, 0.25) is 0 Å². The van der Waals surface area contributed by atoms with Gasteiger partial charge in [-0.2, -0.15) is 0 Å². The third-order valence-corrected chi connectivity index (χ3v) is 3.72. The third kappa shape index (κ3) is 3.77. The van der Waals surface area contributed by atoms with Crippen LogP contribution in [0.3, 0.4) is 0 Å². The average Bonchev–Trinajstić information content (AvgIpc) is 2.30.